The zero-order chi connectivity index (χ0) is 13.1. The molecule has 0 fully saturated rings. The molecule has 0 saturated carbocycles. The monoisotopic (exact) mass is 284 g/mol. The van der Waals surface area contributed by atoms with Gasteiger partial charge in [-0.05, 0) is 24.3 Å². The van der Waals surface area contributed by atoms with Crippen molar-refractivity contribution < 1.29 is 9.60 Å². The van der Waals surface area contributed by atoms with Gasteiger partial charge in [0, 0.05) is 17.3 Å². The molecule has 18 heavy (non-hydrogen) atoms. The molecule has 0 aliphatic carbocycles. The minimum absolute atomic E-state index is 0.140. The molecule has 0 atom stereocenters. The van der Waals surface area contributed by atoms with Crippen molar-refractivity contribution in [2.75, 3.05) is 0 Å². The maximum Gasteiger partial charge on any atom is 0.134 e. The molecule has 3 nitrogen and oxygen atoms in total. The average molecular weight is 285 g/mol. The Morgan fingerprint density at radius 1 is 1.28 bits per heavy atom. The van der Waals surface area contributed by atoms with Gasteiger partial charge in [0.2, 0.25) is 0 Å². The Kier molecular flexibility index (Phi) is 3.79. The third-order valence-corrected chi connectivity index (χ3v) is 2.93. The second-order valence-corrected chi connectivity index (χ2v) is 4.25. The molecule has 0 aliphatic heterocycles. The van der Waals surface area contributed by atoms with Crippen LogP contribution in [0.2, 0.25) is 10.0 Å². The Hall–Kier alpha value is -1.65. The van der Waals surface area contributed by atoms with Crippen molar-refractivity contribution in [2.24, 2.45) is 5.16 Å². The van der Waals surface area contributed by atoms with Gasteiger partial charge in [0.25, 0.3) is 0 Å². The van der Waals surface area contributed by atoms with Crippen LogP contribution in [0.5, 0.6) is 0 Å². The molecule has 6 heteroatoms. The van der Waals surface area contributed by atoms with Crippen LogP contribution in [-0.4, -0.2) is 16.4 Å². The first-order chi connectivity index (χ1) is 8.63. The van der Waals surface area contributed by atoms with E-state index < -0.39 is 5.82 Å². The minimum atomic E-state index is -0.546. The summed E-state index contributed by atoms with van der Waals surface area (Å²) in [6, 6.07) is 5.80. The maximum atomic E-state index is 13.8. The normalized spacial score (nSPS) is 11.1. The molecule has 0 unspecified atom stereocenters. The van der Waals surface area contributed by atoms with E-state index in [0.29, 0.717) is 16.3 Å². The van der Waals surface area contributed by atoms with Crippen LogP contribution in [-0.2, 0) is 0 Å². The van der Waals surface area contributed by atoms with Gasteiger partial charge in [-0.25, -0.2) is 4.39 Å². The standard InChI is InChI=1S/C12H7Cl2FN2O/c13-9-2-1-3-16-12(9)8-4-7(6-17-18)10(14)5-11(8)15/h1-6,18H. The van der Waals surface area contributed by atoms with Crippen molar-refractivity contribution in [3.8, 4) is 11.3 Å². The van der Waals surface area contributed by atoms with Crippen LogP contribution < -0.4 is 0 Å². The van der Waals surface area contributed by atoms with Gasteiger partial charge in [0.15, 0.2) is 0 Å². The van der Waals surface area contributed by atoms with Crippen molar-refractivity contribution in [3.05, 3.63) is 51.9 Å². The number of hydrogen-bond acceptors (Lipinski definition) is 3. The zero-order valence-electron chi connectivity index (χ0n) is 8.94. The van der Waals surface area contributed by atoms with Crippen molar-refractivity contribution in [1.82, 2.24) is 4.98 Å². The van der Waals surface area contributed by atoms with E-state index in [2.05, 4.69) is 10.1 Å². The third kappa shape index (κ3) is 2.44. The largest absolute Gasteiger partial charge is 0.411 e. The Bertz CT molecular complexity index is 617. The fraction of sp³-hybridized carbons (Fsp3) is 0. The van der Waals surface area contributed by atoms with Gasteiger partial charge in [-0.2, -0.15) is 0 Å². The Balaban J connectivity index is 2.65. The molecule has 2 aromatic rings. The molecule has 0 spiro atoms. The first-order valence-electron chi connectivity index (χ1n) is 4.91. The first kappa shape index (κ1) is 12.8. The summed E-state index contributed by atoms with van der Waals surface area (Å²) in [5.74, 6) is -0.546. The lowest BCUT2D eigenvalue weighted by molar-refractivity contribution is 0.322. The van der Waals surface area contributed by atoms with Crippen LogP contribution in [0.1, 0.15) is 5.56 Å². The van der Waals surface area contributed by atoms with Gasteiger partial charge < -0.3 is 5.21 Å². The van der Waals surface area contributed by atoms with E-state index in [0.717, 1.165) is 12.3 Å². The highest BCUT2D eigenvalue weighted by Gasteiger charge is 2.13. The lowest BCUT2D eigenvalue weighted by atomic mass is 10.1. The Morgan fingerprint density at radius 3 is 2.72 bits per heavy atom. The fourth-order valence-electron chi connectivity index (χ4n) is 1.49. The summed E-state index contributed by atoms with van der Waals surface area (Å²) in [4.78, 5) is 4.02. The topological polar surface area (TPSA) is 45.5 Å². The zero-order valence-corrected chi connectivity index (χ0v) is 10.5. The van der Waals surface area contributed by atoms with E-state index in [1.807, 2.05) is 0 Å². The van der Waals surface area contributed by atoms with E-state index in [-0.39, 0.29) is 10.6 Å². The van der Waals surface area contributed by atoms with Crippen LogP contribution in [0.4, 0.5) is 4.39 Å². The van der Waals surface area contributed by atoms with Crippen molar-refractivity contribution in [1.29, 1.82) is 0 Å². The third-order valence-electron chi connectivity index (χ3n) is 2.30. The Morgan fingerprint density at radius 2 is 2.06 bits per heavy atom. The highest BCUT2D eigenvalue weighted by Crippen LogP contribution is 2.30. The highest BCUT2D eigenvalue weighted by molar-refractivity contribution is 6.34. The number of hydrogen-bond donors (Lipinski definition) is 1. The number of halogens is 3. The van der Waals surface area contributed by atoms with Gasteiger partial charge in [0.05, 0.1) is 22.0 Å². The quantitative estimate of drug-likeness (QED) is 0.515. The first-order valence-corrected chi connectivity index (χ1v) is 5.66. The average Bonchev–Trinajstić information content (AvgIpc) is 2.34. The predicted molar refractivity (Wildman–Crippen MR) is 69.0 cm³/mol. The van der Waals surface area contributed by atoms with Gasteiger partial charge in [-0.1, -0.05) is 28.4 Å². The number of pyridine rings is 1. The fourth-order valence-corrected chi connectivity index (χ4v) is 1.91. The van der Waals surface area contributed by atoms with Crippen LogP contribution in [0, 0.1) is 5.82 Å². The second-order valence-electron chi connectivity index (χ2n) is 3.43. The lowest BCUT2D eigenvalue weighted by Gasteiger charge is -2.07. The summed E-state index contributed by atoms with van der Waals surface area (Å²) in [6.45, 7) is 0. The molecule has 1 aromatic heterocycles. The molecule has 1 heterocycles. The van der Waals surface area contributed by atoms with E-state index in [9.17, 15) is 4.39 Å². The second kappa shape index (κ2) is 5.33. The van der Waals surface area contributed by atoms with Gasteiger partial charge in [-0.3, -0.25) is 4.98 Å². The SMILES string of the molecule is ON=Cc1cc(-c2ncccc2Cl)c(F)cc1Cl. The van der Waals surface area contributed by atoms with Crippen molar-refractivity contribution in [2.45, 2.75) is 0 Å². The molecule has 0 radical (unpaired) electrons. The predicted octanol–water partition coefficient (Wildman–Crippen LogP) is 4.00. The number of nitrogens with zero attached hydrogens (tertiary/aromatic N) is 2. The summed E-state index contributed by atoms with van der Waals surface area (Å²) >= 11 is 11.8. The summed E-state index contributed by atoms with van der Waals surface area (Å²) in [5.41, 5.74) is 0.873. The van der Waals surface area contributed by atoms with Crippen molar-refractivity contribution in [3.63, 3.8) is 0 Å². The molecule has 92 valence electrons. The van der Waals surface area contributed by atoms with Crippen LogP contribution in [0.3, 0.4) is 0 Å². The van der Waals surface area contributed by atoms with E-state index >= 15 is 0 Å². The van der Waals surface area contributed by atoms with Gasteiger partial charge in [0.1, 0.15) is 5.82 Å². The minimum Gasteiger partial charge on any atom is -0.411 e. The van der Waals surface area contributed by atoms with E-state index in [1.54, 1.807) is 12.1 Å². The van der Waals surface area contributed by atoms with E-state index in [4.69, 9.17) is 28.4 Å². The highest BCUT2D eigenvalue weighted by atomic mass is 35.5. The maximum absolute atomic E-state index is 13.8. The van der Waals surface area contributed by atoms with Gasteiger partial charge in [-0.15, -0.1) is 0 Å². The molecular weight excluding hydrogens is 278 g/mol. The number of aromatic nitrogens is 1. The summed E-state index contributed by atoms with van der Waals surface area (Å²) in [6.07, 6.45) is 2.62. The molecule has 0 amide bonds. The molecular formula is C12H7Cl2FN2O. The molecule has 1 aromatic carbocycles. The van der Waals surface area contributed by atoms with Crippen LogP contribution >= 0.6 is 23.2 Å². The molecule has 2 rings (SSSR count). The molecule has 0 aliphatic rings. The number of benzene rings is 1. The molecule has 0 bridgehead atoms. The molecule has 1 N–H and O–H groups in total. The van der Waals surface area contributed by atoms with Crippen molar-refractivity contribution >= 4 is 29.4 Å². The summed E-state index contributed by atoms with van der Waals surface area (Å²) in [7, 11) is 0. The van der Waals surface area contributed by atoms with Crippen LogP contribution in [0.15, 0.2) is 35.6 Å². The Labute approximate surface area is 112 Å². The number of oxime groups is 1. The number of rotatable bonds is 2. The summed E-state index contributed by atoms with van der Waals surface area (Å²) < 4.78 is 13.8. The smallest absolute Gasteiger partial charge is 0.134 e. The lowest BCUT2D eigenvalue weighted by Crippen LogP contribution is -1.93. The van der Waals surface area contributed by atoms with Gasteiger partial charge >= 0.3 is 0 Å². The van der Waals surface area contributed by atoms with E-state index in [1.165, 1.54) is 12.3 Å². The van der Waals surface area contributed by atoms with Crippen LogP contribution in [0.25, 0.3) is 11.3 Å². The summed E-state index contributed by atoms with van der Waals surface area (Å²) in [5, 5.41) is 11.8. The molecule has 0 saturated heterocycles.